The number of esters is 1. The van der Waals surface area contributed by atoms with Crippen LogP contribution in [-0.2, 0) is 14.3 Å². The van der Waals surface area contributed by atoms with Crippen LogP contribution in [0.1, 0.15) is 52.4 Å². The lowest BCUT2D eigenvalue weighted by Gasteiger charge is -2.51. The second-order valence-corrected chi connectivity index (χ2v) is 8.18. The van der Waals surface area contributed by atoms with Gasteiger partial charge >= 0.3 is 5.97 Å². The van der Waals surface area contributed by atoms with E-state index in [0.29, 0.717) is 30.1 Å². The van der Waals surface area contributed by atoms with E-state index in [9.17, 15) is 9.59 Å². The third-order valence-corrected chi connectivity index (χ3v) is 7.09. The van der Waals surface area contributed by atoms with Crippen molar-refractivity contribution in [3.05, 3.63) is 23.8 Å². The van der Waals surface area contributed by atoms with Crippen LogP contribution < -0.4 is 0 Å². The van der Waals surface area contributed by atoms with Crippen LogP contribution in [0.3, 0.4) is 0 Å². The SMILES string of the molecule is CC(=O)O[C@@H]1CC[C@@H]2[C@@H]3C=CC4=CC(=O)CC[C@H]4[C@@H]3CC[C@@]21C. The fourth-order valence-electron chi connectivity index (χ4n) is 6.00. The molecule has 4 aliphatic rings. The number of rotatable bonds is 1. The first-order valence-corrected chi connectivity index (χ1v) is 9.09. The van der Waals surface area contributed by atoms with Crippen molar-refractivity contribution >= 4 is 11.8 Å². The van der Waals surface area contributed by atoms with Crippen molar-refractivity contribution in [2.45, 2.75) is 58.5 Å². The van der Waals surface area contributed by atoms with Crippen molar-refractivity contribution in [1.82, 2.24) is 0 Å². The molecule has 0 saturated heterocycles. The summed E-state index contributed by atoms with van der Waals surface area (Å²) in [5, 5.41) is 0. The smallest absolute Gasteiger partial charge is 0.302 e. The van der Waals surface area contributed by atoms with E-state index >= 15 is 0 Å². The summed E-state index contributed by atoms with van der Waals surface area (Å²) in [5.41, 5.74) is 1.39. The zero-order valence-corrected chi connectivity index (χ0v) is 14.1. The molecule has 2 fully saturated rings. The normalized spacial score (nSPS) is 44.9. The minimum Gasteiger partial charge on any atom is -0.462 e. The van der Waals surface area contributed by atoms with Gasteiger partial charge in [0.15, 0.2) is 5.78 Å². The molecule has 4 aliphatic carbocycles. The Hall–Kier alpha value is -1.38. The summed E-state index contributed by atoms with van der Waals surface area (Å²) in [5.74, 6) is 2.59. The van der Waals surface area contributed by atoms with Crippen molar-refractivity contribution in [3.63, 3.8) is 0 Å². The highest BCUT2D eigenvalue weighted by Crippen LogP contribution is 2.60. The van der Waals surface area contributed by atoms with Crippen LogP contribution in [0.4, 0.5) is 0 Å². The first-order valence-electron chi connectivity index (χ1n) is 9.09. The molecule has 0 aromatic carbocycles. The topological polar surface area (TPSA) is 43.4 Å². The summed E-state index contributed by atoms with van der Waals surface area (Å²) >= 11 is 0. The van der Waals surface area contributed by atoms with Gasteiger partial charge in [-0.15, -0.1) is 0 Å². The average molecular weight is 314 g/mol. The first kappa shape index (κ1) is 15.2. The summed E-state index contributed by atoms with van der Waals surface area (Å²) in [6.07, 6.45) is 12.8. The van der Waals surface area contributed by atoms with E-state index in [1.165, 1.54) is 18.9 Å². The number of ketones is 1. The molecule has 0 radical (unpaired) electrons. The van der Waals surface area contributed by atoms with Gasteiger partial charge in [0.1, 0.15) is 6.10 Å². The zero-order valence-electron chi connectivity index (χ0n) is 14.1. The Labute approximate surface area is 138 Å². The number of hydrogen-bond donors (Lipinski definition) is 0. The first-order chi connectivity index (χ1) is 11.0. The summed E-state index contributed by atoms with van der Waals surface area (Å²) in [4.78, 5) is 23.1. The molecule has 6 atom stereocenters. The molecule has 3 nitrogen and oxygen atoms in total. The van der Waals surface area contributed by atoms with Crippen LogP contribution >= 0.6 is 0 Å². The number of ether oxygens (including phenoxy) is 1. The fraction of sp³-hybridized carbons (Fsp3) is 0.700. The standard InChI is InChI=1S/C20H26O3/c1-12(21)23-19-8-7-18-17-5-3-13-11-14(22)4-6-15(13)16(17)9-10-20(18,19)2/h3,5,11,15-19H,4,6-10H2,1-2H3/t15-,16+,17-,18-,19-,20+/m1/s1. The molecular weight excluding hydrogens is 288 g/mol. The summed E-state index contributed by atoms with van der Waals surface area (Å²) in [7, 11) is 0. The van der Waals surface area contributed by atoms with E-state index in [1.54, 1.807) is 0 Å². The molecule has 2 saturated carbocycles. The summed E-state index contributed by atoms with van der Waals surface area (Å²) in [6, 6.07) is 0. The Kier molecular flexibility index (Phi) is 3.51. The maximum atomic E-state index is 11.7. The Balaban J connectivity index is 1.62. The summed E-state index contributed by atoms with van der Waals surface area (Å²) < 4.78 is 5.67. The maximum Gasteiger partial charge on any atom is 0.302 e. The Morgan fingerprint density at radius 1 is 1.26 bits per heavy atom. The number of carbonyl (C=O) groups excluding carboxylic acids is 2. The molecule has 0 aromatic heterocycles. The number of fused-ring (bicyclic) bond motifs is 5. The molecule has 124 valence electrons. The number of carbonyl (C=O) groups is 2. The van der Waals surface area contributed by atoms with Crippen molar-refractivity contribution in [3.8, 4) is 0 Å². The molecule has 0 N–H and O–H groups in total. The van der Waals surface area contributed by atoms with Gasteiger partial charge in [0, 0.05) is 18.8 Å². The molecule has 23 heavy (non-hydrogen) atoms. The van der Waals surface area contributed by atoms with Crippen LogP contribution in [0.25, 0.3) is 0 Å². The second-order valence-electron chi connectivity index (χ2n) is 8.18. The zero-order chi connectivity index (χ0) is 16.2. The molecule has 0 unspecified atom stereocenters. The number of allylic oxidation sites excluding steroid dienone is 4. The van der Waals surface area contributed by atoms with Gasteiger partial charge in [-0.1, -0.05) is 19.1 Å². The predicted octanol–water partition coefficient (Wildman–Crippen LogP) is 3.84. The van der Waals surface area contributed by atoms with Crippen molar-refractivity contribution in [2.24, 2.45) is 29.1 Å². The molecule has 0 spiro atoms. The van der Waals surface area contributed by atoms with E-state index in [1.807, 2.05) is 6.08 Å². The molecule has 0 bridgehead atoms. The predicted molar refractivity (Wildman–Crippen MR) is 87.6 cm³/mol. The largest absolute Gasteiger partial charge is 0.462 e. The van der Waals surface area contributed by atoms with Crippen molar-refractivity contribution in [1.29, 1.82) is 0 Å². The Morgan fingerprint density at radius 2 is 2.09 bits per heavy atom. The lowest BCUT2D eigenvalue weighted by molar-refractivity contribution is -0.155. The number of hydrogen-bond acceptors (Lipinski definition) is 3. The van der Waals surface area contributed by atoms with Crippen LogP contribution in [-0.4, -0.2) is 17.9 Å². The van der Waals surface area contributed by atoms with Crippen LogP contribution in [0.5, 0.6) is 0 Å². The second kappa shape index (κ2) is 5.32. The van der Waals surface area contributed by atoms with Gasteiger partial charge in [0.25, 0.3) is 0 Å². The van der Waals surface area contributed by atoms with Gasteiger partial charge in [-0.25, -0.2) is 0 Å². The third-order valence-electron chi connectivity index (χ3n) is 7.09. The van der Waals surface area contributed by atoms with Crippen LogP contribution in [0, 0.1) is 29.1 Å². The van der Waals surface area contributed by atoms with Crippen molar-refractivity contribution in [2.75, 3.05) is 0 Å². The highest BCUT2D eigenvalue weighted by molar-refractivity contribution is 5.91. The van der Waals surface area contributed by atoms with Gasteiger partial charge in [-0.05, 0) is 67.4 Å². The molecular formula is C20H26O3. The minimum absolute atomic E-state index is 0.0872. The maximum absolute atomic E-state index is 11.7. The lowest BCUT2D eigenvalue weighted by atomic mass is 9.54. The average Bonchev–Trinajstić information content (AvgIpc) is 2.83. The molecule has 4 rings (SSSR count). The molecule has 0 amide bonds. The minimum atomic E-state index is -0.144. The van der Waals surface area contributed by atoms with E-state index in [0.717, 1.165) is 25.7 Å². The highest BCUT2D eigenvalue weighted by atomic mass is 16.5. The van der Waals surface area contributed by atoms with Gasteiger partial charge in [0.2, 0.25) is 0 Å². The van der Waals surface area contributed by atoms with Gasteiger partial charge in [-0.3, -0.25) is 9.59 Å². The van der Waals surface area contributed by atoms with Crippen molar-refractivity contribution < 1.29 is 14.3 Å². The van der Waals surface area contributed by atoms with Crippen LogP contribution in [0.15, 0.2) is 23.8 Å². The molecule has 0 aliphatic heterocycles. The van der Waals surface area contributed by atoms with E-state index in [-0.39, 0.29) is 23.3 Å². The third kappa shape index (κ3) is 2.31. The lowest BCUT2D eigenvalue weighted by Crippen LogP contribution is -2.47. The fourth-order valence-corrected chi connectivity index (χ4v) is 6.00. The Morgan fingerprint density at radius 3 is 2.87 bits per heavy atom. The molecule has 3 heteroatoms. The monoisotopic (exact) mass is 314 g/mol. The van der Waals surface area contributed by atoms with Gasteiger partial charge in [0.05, 0.1) is 0 Å². The highest BCUT2D eigenvalue weighted by Gasteiger charge is 2.56. The Bertz CT molecular complexity index is 602. The van der Waals surface area contributed by atoms with Gasteiger partial charge < -0.3 is 4.74 Å². The molecule has 0 aromatic rings. The van der Waals surface area contributed by atoms with E-state index in [4.69, 9.17) is 4.74 Å². The van der Waals surface area contributed by atoms with Crippen LogP contribution in [0.2, 0.25) is 0 Å². The van der Waals surface area contributed by atoms with E-state index in [2.05, 4.69) is 19.1 Å². The van der Waals surface area contributed by atoms with Gasteiger partial charge in [-0.2, -0.15) is 0 Å². The van der Waals surface area contributed by atoms with E-state index < -0.39 is 0 Å². The molecule has 0 heterocycles. The quantitative estimate of drug-likeness (QED) is 0.691. The summed E-state index contributed by atoms with van der Waals surface area (Å²) in [6.45, 7) is 3.86.